The van der Waals surface area contributed by atoms with E-state index in [0.717, 1.165) is 24.3 Å². The molecule has 0 bridgehead atoms. The van der Waals surface area contributed by atoms with Crippen LogP contribution in [0, 0.1) is 20.2 Å². The molecule has 3 N–H and O–H groups in total. The van der Waals surface area contributed by atoms with Crippen molar-refractivity contribution >= 4 is 44.2 Å². The van der Waals surface area contributed by atoms with Gasteiger partial charge < -0.3 is 10.6 Å². The lowest BCUT2D eigenvalue weighted by Crippen LogP contribution is -2.05. The van der Waals surface area contributed by atoms with Crippen molar-refractivity contribution in [1.82, 2.24) is 0 Å². The van der Waals surface area contributed by atoms with Crippen LogP contribution < -0.4 is 10.6 Å². The molecule has 0 amide bonds. The van der Waals surface area contributed by atoms with E-state index in [-0.39, 0.29) is 17.1 Å². The number of hydrogen-bond acceptors (Lipinski definition) is 8. The zero-order valence-electron chi connectivity index (χ0n) is 15.1. The van der Waals surface area contributed by atoms with E-state index >= 15 is 0 Å². The Morgan fingerprint density at radius 1 is 0.767 bits per heavy atom. The van der Waals surface area contributed by atoms with Gasteiger partial charge in [0.1, 0.15) is 10.6 Å². The van der Waals surface area contributed by atoms with E-state index in [4.69, 9.17) is 0 Å². The summed E-state index contributed by atoms with van der Waals surface area (Å²) in [7, 11) is -4.64. The molecule has 0 atom stereocenters. The Balaban J connectivity index is 2.00. The van der Waals surface area contributed by atoms with E-state index in [1.54, 1.807) is 30.3 Å². The summed E-state index contributed by atoms with van der Waals surface area (Å²) >= 11 is 0. The first-order valence-electron chi connectivity index (χ1n) is 8.28. The Kier molecular flexibility index (Phi) is 5.62. The van der Waals surface area contributed by atoms with Gasteiger partial charge in [0.15, 0.2) is 0 Å². The van der Waals surface area contributed by atoms with Gasteiger partial charge in [0.05, 0.1) is 21.6 Å². The molecule has 0 saturated carbocycles. The van der Waals surface area contributed by atoms with E-state index in [2.05, 4.69) is 10.6 Å². The number of rotatable bonds is 7. The maximum atomic E-state index is 11.8. The fourth-order valence-electron chi connectivity index (χ4n) is 2.64. The number of para-hydroxylation sites is 1. The summed E-state index contributed by atoms with van der Waals surface area (Å²) in [6, 6.07) is 15.5. The van der Waals surface area contributed by atoms with Crippen LogP contribution in [0.15, 0.2) is 71.6 Å². The number of benzene rings is 3. The van der Waals surface area contributed by atoms with Crippen LogP contribution in [0.5, 0.6) is 0 Å². The first-order chi connectivity index (χ1) is 14.1. The predicted octanol–water partition coefficient (Wildman–Crippen LogP) is 4.24. The Bertz CT molecular complexity index is 1230. The van der Waals surface area contributed by atoms with Crippen LogP contribution in [0.3, 0.4) is 0 Å². The van der Waals surface area contributed by atoms with Crippen LogP contribution in [-0.4, -0.2) is 22.8 Å². The average molecular weight is 430 g/mol. The van der Waals surface area contributed by atoms with Gasteiger partial charge >= 0.3 is 0 Å². The highest BCUT2D eigenvalue weighted by atomic mass is 32.2. The molecule has 12 heteroatoms. The van der Waals surface area contributed by atoms with Gasteiger partial charge in [-0.3, -0.25) is 24.8 Å². The molecule has 0 unspecified atom stereocenters. The molecule has 30 heavy (non-hydrogen) atoms. The fourth-order valence-corrected chi connectivity index (χ4v) is 3.31. The van der Waals surface area contributed by atoms with Crippen LogP contribution in [0.4, 0.5) is 34.1 Å². The number of hydrogen-bond donors (Lipinski definition) is 3. The van der Waals surface area contributed by atoms with Crippen molar-refractivity contribution in [2.45, 2.75) is 4.90 Å². The lowest BCUT2D eigenvalue weighted by atomic mass is 10.2. The third-order valence-corrected chi connectivity index (χ3v) is 4.87. The Hall–Kier alpha value is -4.03. The van der Waals surface area contributed by atoms with Crippen LogP contribution in [-0.2, 0) is 10.1 Å². The van der Waals surface area contributed by atoms with E-state index in [0.29, 0.717) is 5.69 Å². The summed E-state index contributed by atoms with van der Waals surface area (Å²) in [5, 5.41) is 27.6. The molecular formula is C18H14N4O7S. The summed E-state index contributed by atoms with van der Waals surface area (Å²) in [4.78, 5) is 20.1. The Morgan fingerprint density at radius 3 is 2.00 bits per heavy atom. The molecule has 3 aromatic carbocycles. The van der Waals surface area contributed by atoms with Gasteiger partial charge in [-0.2, -0.15) is 8.42 Å². The minimum atomic E-state index is -4.64. The first-order valence-corrected chi connectivity index (χ1v) is 9.72. The lowest BCUT2D eigenvalue weighted by molar-refractivity contribution is -0.393. The van der Waals surface area contributed by atoms with Gasteiger partial charge in [-0.25, -0.2) is 0 Å². The van der Waals surface area contributed by atoms with Crippen molar-refractivity contribution in [3.63, 3.8) is 0 Å². The molecule has 0 aliphatic heterocycles. The van der Waals surface area contributed by atoms with Gasteiger partial charge in [-0.15, -0.1) is 0 Å². The van der Waals surface area contributed by atoms with Crippen LogP contribution in [0.1, 0.15) is 0 Å². The molecular weight excluding hydrogens is 416 g/mol. The number of non-ortho nitro benzene ring substituents is 1. The van der Waals surface area contributed by atoms with Crippen molar-refractivity contribution in [2.75, 3.05) is 10.6 Å². The number of nitro groups is 2. The fraction of sp³-hybridized carbons (Fsp3) is 0. The molecule has 0 radical (unpaired) electrons. The third-order valence-electron chi connectivity index (χ3n) is 3.98. The van der Waals surface area contributed by atoms with E-state index < -0.39 is 36.2 Å². The lowest BCUT2D eigenvalue weighted by Gasteiger charge is -2.13. The molecule has 154 valence electrons. The van der Waals surface area contributed by atoms with E-state index in [1.807, 2.05) is 0 Å². The van der Waals surface area contributed by atoms with Gasteiger partial charge in [-0.1, -0.05) is 18.2 Å². The van der Waals surface area contributed by atoms with Crippen molar-refractivity contribution < 1.29 is 22.8 Å². The maximum Gasteiger partial charge on any atom is 0.299 e. The van der Waals surface area contributed by atoms with Gasteiger partial charge in [0.25, 0.3) is 21.5 Å². The molecule has 0 aliphatic carbocycles. The summed E-state index contributed by atoms with van der Waals surface area (Å²) in [5.74, 6) is 0. The van der Waals surface area contributed by atoms with Gasteiger partial charge in [0, 0.05) is 17.4 Å². The molecule has 3 aromatic rings. The molecule has 0 aliphatic rings. The normalized spacial score (nSPS) is 11.0. The quantitative estimate of drug-likeness (QED) is 0.282. The average Bonchev–Trinajstić information content (AvgIpc) is 2.69. The summed E-state index contributed by atoms with van der Waals surface area (Å²) in [6.45, 7) is 0. The zero-order valence-corrected chi connectivity index (χ0v) is 15.9. The SMILES string of the molecule is O=[N+]([O-])c1ccc(Nc2ccc(Nc3ccccc3)c(S(=O)(=O)O)c2)c([N+](=O)[O-])c1. The predicted molar refractivity (Wildman–Crippen MR) is 109 cm³/mol. The highest BCUT2D eigenvalue weighted by molar-refractivity contribution is 7.86. The first kappa shape index (κ1) is 20.7. The number of anilines is 4. The second kappa shape index (κ2) is 8.14. The molecule has 11 nitrogen and oxygen atoms in total. The van der Waals surface area contributed by atoms with Crippen molar-refractivity contribution in [2.24, 2.45) is 0 Å². The van der Waals surface area contributed by atoms with Crippen LogP contribution in [0.2, 0.25) is 0 Å². The van der Waals surface area contributed by atoms with E-state index in [1.165, 1.54) is 12.1 Å². The van der Waals surface area contributed by atoms with Gasteiger partial charge in [0.2, 0.25) is 0 Å². The van der Waals surface area contributed by atoms with Gasteiger partial charge in [-0.05, 0) is 36.4 Å². The highest BCUT2D eigenvalue weighted by Crippen LogP contribution is 2.34. The summed E-state index contributed by atoms with van der Waals surface area (Å²) in [5.41, 5.74) is -0.340. The van der Waals surface area contributed by atoms with Crippen LogP contribution >= 0.6 is 0 Å². The van der Waals surface area contributed by atoms with Crippen molar-refractivity contribution in [3.8, 4) is 0 Å². The summed E-state index contributed by atoms with van der Waals surface area (Å²) in [6.07, 6.45) is 0. The largest absolute Gasteiger partial charge is 0.354 e. The topological polar surface area (TPSA) is 165 Å². The number of nitrogens with zero attached hydrogens (tertiary/aromatic N) is 2. The molecule has 0 spiro atoms. The molecule has 0 fully saturated rings. The minimum Gasteiger partial charge on any atom is -0.354 e. The molecule has 0 saturated heterocycles. The molecule has 0 aromatic heterocycles. The van der Waals surface area contributed by atoms with Crippen molar-refractivity contribution in [3.05, 3.63) is 87.0 Å². The maximum absolute atomic E-state index is 11.8. The smallest absolute Gasteiger partial charge is 0.299 e. The molecule has 3 rings (SSSR count). The van der Waals surface area contributed by atoms with E-state index in [9.17, 15) is 33.2 Å². The Morgan fingerprint density at radius 2 is 1.40 bits per heavy atom. The zero-order chi connectivity index (χ0) is 21.9. The summed E-state index contributed by atoms with van der Waals surface area (Å²) < 4.78 is 33.3. The number of nitro benzene ring substituents is 2. The van der Waals surface area contributed by atoms with Crippen LogP contribution in [0.25, 0.3) is 0 Å². The van der Waals surface area contributed by atoms with Crippen molar-refractivity contribution in [1.29, 1.82) is 0 Å². The minimum absolute atomic E-state index is 0.0874. The standard InChI is InChI=1S/C18H14N4O7S/c23-21(24)14-7-9-15(17(11-14)22(25)26)20-13-6-8-16(18(10-13)30(27,28)29)19-12-4-2-1-3-5-12/h1-11,19-20H,(H,27,28,29). The number of nitrogens with one attached hydrogen (secondary N) is 2. The Labute approximate surface area is 170 Å². The highest BCUT2D eigenvalue weighted by Gasteiger charge is 2.21. The molecule has 0 heterocycles. The monoisotopic (exact) mass is 430 g/mol. The third kappa shape index (κ3) is 4.68. The second-order valence-electron chi connectivity index (χ2n) is 6.02. The second-order valence-corrected chi connectivity index (χ2v) is 7.41.